The van der Waals surface area contributed by atoms with Crippen LogP contribution in [0.5, 0.6) is 0 Å². The molecule has 1 aromatic carbocycles. The zero-order valence-corrected chi connectivity index (χ0v) is 14.6. The van der Waals surface area contributed by atoms with Crippen molar-refractivity contribution in [1.82, 2.24) is 19.4 Å². The largest absolute Gasteiger partial charge is 0.447 e. The van der Waals surface area contributed by atoms with E-state index in [1.807, 2.05) is 23.5 Å². The fourth-order valence-corrected chi connectivity index (χ4v) is 3.91. The van der Waals surface area contributed by atoms with Gasteiger partial charge < -0.3 is 9.30 Å². The van der Waals surface area contributed by atoms with Gasteiger partial charge in [0.05, 0.1) is 17.6 Å². The molecule has 0 saturated carbocycles. The zero-order chi connectivity index (χ0) is 17.3. The number of carbonyl (C=O) groups excluding carboxylic acids is 1. The first-order chi connectivity index (χ1) is 12.2. The third-order valence-corrected chi connectivity index (χ3v) is 5.45. The van der Waals surface area contributed by atoms with Gasteiger partial charge in [-0.2, -0.15) is 0 Å². The van der Waals surface area contributed by atoms with Crippen molar-refractivity contribution >= 4 is 6.09 Å². The van der Waals surface area contributed by atoms with E-state index in [0.717, 1.165) is 39.1 Å². The average Bonchev–Trinajstić information content (AvgIpc) is 3.21. The number of carbonyl (C=O) groups is 1. The van der Waals surface area contributed by atoms with Crippen LogP contribution in [-0.2, 0) is 17.8 Å². The summed E-state index contributed by atoms with van der Waals surface area (Å²) in [5.41, 5.74) is 2.31. The summed E-state index contributed by atoms with van der Waals surface area (Å²) in [6, 6.07) is 10.4. The van der Waals surface area contributed by atoms with E-state index < -0.39 is 0 Å². The molecule has 6 heteroatoms. The molecule has 2 fully saturated rings. The molecule has 2 aliphatic heterocycles. The topological polar surface area (TPSA) is 50.6 Å². The van der Waals surface area contributed by atoms with Crippen molar-refractivity contribution in [2.75, 3.05) is 26.2 Å². The molecule has 0 radical (unpaired) electrons. The number of hydrogen-bond donors (Lipinski definition) is 0. The molecule has 1 aromatic heterocycles. The number of rotatable bonds is 5. The first kappa shape index (κ1) is 16.1. The first-order valence-electron chi connectivity index (χ1n) is 8.90. The highest BCUT2D eigenvalue weighted by Crippen LogP contribution is 2.32. The van der Waals surface area contributed by atoms with Crippen LogP contribution < -0.4 is 0 Å². The Morgan fingerprint density at radius 1 is 1.20 bits per heavy atom. The minimum Gasteiger partial charge on any atom is -0.447 e. The lowest BCUT2D eigenvalue weighted by molar-refractivity contribution is 0.0438. The number of nitrogens with zero attached hydrogens (tertiary/aromatic N) is 4. The van der Waals surface area contributed by atoms with Crippen molar-refractivity contribution in [2.24, 2.45) is 0 Å². The van der Waals surface area contributed by atoms with Gasteiger partial charge in [-0.05, 0) is 12.0 Å². The van der Waals surface area contributed by atoms with Gasteiger partial charge in [-0.25, -0.2) is 9.78 Å². The van der Waals surface area contributed by atoms with Crippen LogP contribution in [0.3, 0.4) is 0 Å². The molecule has 1 amide bonds. The SMILES string of the molecule is CCC12COC(=O)N1CCN(Cc1cncn1Cc1ccccc1)C2. The predicted molar refractivity (Wildman–Crippen MR) is 94.1 cm³/mol. The van der Waals surface area contributed by atoms with E-state index in [9.17, 15) is 4.79 Å². The standard InChI is InChI=1S/C19H24N4O2/c1-2-19-13-21(8-9-23(19)18(24)25-14-19)12-17-10-20-15-22(17)11-16-6-4-3-5-7-16/h3-7,10,15H,2,8-9,11-14H2,1H3. The maximum Gasteiger partial charge on any atom is 0.410 e. The summed E-state index contributed by atoms with van der Waals surface area (Å²) < 4.78 is 7.53. The van der Waals surface area contributed by atoms with Crippen LogP contribution in [0.25, 0.3) is 0 Å². The Labute approximate surface area is 148 Å². The molecule has 0 N–H and O–H groups in total. The summed E-state index contributed by atoms with van der Waals surface area (Å²) in [7, 11) is 0. The van der Waals surface area contributed by atoms with Crippen molar-refractivity contribution in [3.8, 4) is 0 Å². The maximum absolute atomic E-state index is 11.9. The molecule has 2 aliphatic rings. The van der Waals surface area contributed by atoms with Crippen molar-refractivity contribution in [1.29, 1.82) is 0 Å². The molecule has 0 aliphatic carbocycles. The molecular formula is C19H24N4O2. The predicted octanol–water partition coefficient (Wildman–Crippen LogP) is 2.35. The second-order valence-electron chi connectivity index (χ2n) is 6.99. The molecular weight excluding hydrogens is 316 g/mol. The minimum atomic E-state index is -0.167. The number of benzene rings is 1. The van der Waals surface area contributed by atoms with E-state index >= 15 is 0 Å². The van der Waals surface area contributed by atoms with Gasteiger partial charge in [-0.3, -0.25) is 9.80 Å². The summed E-state index contributed by atoms with van der Waals surface area (Å²) >= 11 is 0. The molecule has 25 heavy (non-hydrogen) atoms. The molecule has 6 nitrogen and oxygen atoms in total. The van der Waals surface area contributed by atoms with Crippen molar-refractivity contribution in [3.63, 3.8) is 0 Å². The van der Waals surface area contributed by atoms with Gasteiger partial charge in [0, 0.05) is 38.9 Å². The quantitative estimate of drug-likeness (QED) is 0.838. The number of fused-ring (bicyclic) bond motifs is 1. The molecule has 132 valence electrons. The summed E-state index contributed by atoms with van der Waals surface area (Å²) in [4.78, 5) is 20.6. The lowest BCUT2D eigenvalue weighted by atomic mass is 9.93. The number of cyclic esters (lactones) is 1. The summed E-state index contributed by atoms with van der Waals surface area (Å²) in [6.07, 6.45) is 4.61. The van der Waals surface area contributed by atoms with Gasteiger partial charge in [0.1, 0.15) is 6.61 Å². The van der Waals surface area contributed by atoms with Crippen LogP contribution in [0.1, 0.15) is 24.6 Å². The lowest BCUT2D eigenvalue weighted by Crippen LogP contribution is -2.60. The summed E-state index contributed by atoms with van der Waals surface area (Å²) in [6.45, 7) is 6.77. The number of piperazine rings is 1. The molecule has 1 unspecified atom stereocenters. The Morgan fingerprint density at radius 3 is 2.84 bits per heavy atom. The number of hydrogen-bond acceptors (Lipinski definition) is 4. The van der Waals surface area contributed by atoms with Crippen LogP contribution in [0, 0.1) is 0 Å². The third-order valence-electron chi connectivity index (χ3n) is 5.45. The van der Waals surface area contributed by atoms with Crippen LogP contribution >= 0.6 is 0 Å². The molecule has 1 atom stereocenters. The van der Waals surface area contributed by atoms with Gasteiger partial charge in [0.25, 0.3) is 0 Å². The van der Waals surface area contributed by atoms with Crippen LogP contribution in [0.4, 0.5) is 4.79 Å². The van der Waals surface area contributed by atoms with E-state index in [-0.39, 0.29) is 11.6 Å². The third kappa shape index (κ3) is 3.02. The van der Waals surface area contributed by atoms with Gasteiger partial charge in [-0.15, -0.1) is 0 Å². The smallest absolute Gasteiger partial charge is 0.410 e. The van der Waals surface area contributed by atoms with Crippen molar-refractivity contribution in [3.05, 3.63) is 54.1 Å². The molecule has 2 aromatic rings. The summed E-state index contributed by atoms with van der Waals surface area (Å²) in [5, 5.41) is 0. The van der Waals surface area contributed by atoms with E-state index in [1.165, 1.54) is 11.3 Å². The van der Waals surface area contributed by atoms with Crippen molar-refractivity contribution in [2.45, 2.75) is 32.0 Å². The number of imidazole rings is 1. The normalized spacial score (nSPS) is 23.6. The van der Waals surface area contributed by atoms with Crippen molar-refractivity contribution < 1.29 is 9.53 Å². The monoisotopic (exact) mass is 340 g/mol. The Morgan fingerprint density at radius 2 is 2.04 bits per heavy atom. The first-order valence-corrected chi connectivity index (χ1v) is 8.90. The zero-order valence-electron chi connectivity index (χ0n) is 14.6. The fourth-order valence-electron chi connectivity index (χ4n) is 3.91. The van der Waals surface area contributed by atoms with Crippen LogP contribution in [-0.4, -0.2) is 57.2 Å². The second-order valence-corrected chi connectivity index (χ2v) is 6.99. The Kier molecular flexibility index (Phi) is 4.21. The fraction of sp³-hybridized carbons (Fsp3) is 0.474. The van der Waals surface area contributed by atoms with E-state index in [0.29, 0.717) is 6.61 Å². The van der Waals surface area contributed by atoms with Crippen LogP contribution in [0.2, 0.25) is 0 Å². The van der Waals surface area contributed by atoms with Gasteiger partial charge >= 0.3 is 6.09 Å². The van der Waals surface area contributed by atoms with Crippen LogP contribution in [0.15, 0.2) is 42.9 Å². The number of amides is 1. The highest BCUT2D eigenvalue weighted by Gasteiger charge is 2.49. The van der Waals surface area contributed by atoms with Gasteiger partial charge in [-0.1, -0.05) is 37.3 Å². The van der Waals surface area contributed by atoms with E-state index in [1.54, 1.807) is 0 Å². The molecule has 0 spiro atoms. The maximum atomic E-state index is 11.9. The van der Waals surface area contributed by atoms with E-state index in [2.05, 4.69) is 45.6 Å². The Balaban J connectivity index is 1.47. The van der Waals surface area contributed by atoms with Gasteiger partial charge in [0.15, 0.2) is 0 Å². The average molecular weight is 340 g/mol. The number of ether oxygens (including phenoxy) is 1. The van der Waals surface area contributed by atoms with Gasteiger partial charge in [0.2, 0.25) is 0 Å². The molecule has 3 heterocycles. The molecule has 4 rings (SSSR count). The number of aromatic nitrogens is 2. The summed E-state index contributed by atoms with van der Waals surface area (Å²) in [5.74, 6) is 0. The highest BCUT2D eigenvalue weighted by atomic mass is 16.6. The Hall–Kier alpha value is -2.34. The minimum absolute atomic E-state index is 0.157. The second kappa shape index (κ2) is 6.52. The highest BCUT2D eigenvalue weighted by molar-refractivity contribution is 5.71. The molecule has 2 saturated heterocycles. The molecule has 0 bridgehead atoms. The lowest BCUT2D eigenvalue weighted by Gasteiger charge is -2.44. The Bertz CT molecular complexity index is 745. The van der Waals surface area contributed by atoms with E-state index in [4.69, 9.17) is 4.74 Å².